The zero-order valence-electron chi connectivity index (χ0n) is 12.6. The number of H-pyrrole nitrogens is 1. The topological polar surface area (TPSA) is 175 Å². The van der Waals surface area contributed by atoms with Crippen molar-refractivity contribution in [2.24, 2.45) is 0 Å². The van der Waals surface area contributed by atoms with E-state index in [0.29, 0.717) is 0 Å². The van der Waals surface area contributed by atoms with Crippen LogP contribution < -0.4 is 0 Å². The average Bonchev–Trinajstić information content (AvgIpc) is 2.98. The molecule has 3 rings (SSSR count). The number of aryl methyl sites for hydroxylation is 1. The highest BCUT2D eigenvalue weighted by atomic mass is 16.4. The first-order valence-electron chi connectivity index (χ1n) is 6.61. The molecule has 128 valence electrons. The van der Waals surface area contributed by atoms with Gasteiger partial charge in [0.1, 0.15) is 11.4 Å². The maximum absolute atomic E-state index is 12.1. The third-order valence-corrected chi connectivity index (χ3v) is 3.34. The third-order valence-electron chi connectivity index (χ3n) is 3.34. The monoisotopic (exact) mass is 346 g/mol. The van der Waals surface area contributed by atoms with Crippen molar-refractivity contribution < 1.29 is 39.3 Å². The molecule has 10 nitrogen and oxygen atoms in total. The first-order chi connectivity index (χ1) is 11.7. The minimum Gasteiger partial charge on any atom is -0.483 e. The van der Waals surface area contributed by atoms with Gasteiger partial charge in [0.05, 0.1) is 16.8 Å². The molecule has 0 saturated carbocycles. The van der Waals surface area contributed by atoms with E-state index in [2.05, 4.69) is 9.97 Å². The number of aromatic nitrogens is 2. The van der Waals surface area contributed by atoms with Crippen molar-refractivity contribution in [1.29, 1.82) is 0 Å². The van der Waals surface area contributed by atoms with Gasteiger partial charge in [0.2, 0.25) is 5.78 Å². The number of nitrogens with zero attached hydrogens (tertiary/aromatic N) is 1. The van der Waals surface area contributed by atoms with Crippen molar-refractivity contribution in [2.45, 2.75) is 6.92 Å². The molecule has 2 aromatic heterocycles. The summed E-state index contributed by atoms with van der Waals surface area (Å²) in [4.78, 5) is 61.4. The van der Waals surface area contributed by atoms with E-state index in [1.165, 1.54) is 13.0 Å². The van der Waals surface area contributed by atoms with Gasteiger partial charge in [-0.1, -0.05) is 0 Å². The van der Waals surface area contributed by atoms with Crippen LogP contribution in [0.2, 0.25) is 0 Å². The van der Waals surface area contributed by atoms with E-state index in [4.69, 9.17) is 15.0 Å². The number of nitrogens with one attached hydrogen (secondary N) is 1. The maximum Gasteiger partial charge on any atom is 0.352 e. The molecule has 4 N–H and O–H groups in total. The molecule has 0 saturated heterocycles. The van der Waals surface area contributed by atoms with Crippen LogP contribution in [0.25, 0.3) is 11.3 Å². The largest absolute Gasteiger partial charge is 0.483 e. The highest BCUT2D eigenvalue weighted by Crippen LogP contribution is 2.35. The molecular formula is C15H10N2O8. The first kappa shape index (κ1) is 17.5. The van der Waals surface area contributed by atoms with E-state index >= 15 is 0 Å². The van der Waals surface area contributed by atoms with Gasteiger partial charge in [-0.05, 0) is 19.1 Å². The van der Waals surface area contributed by atoms with E-state index in [1.807, 2.05) is 0 Å². The van der Waals surface area contributed by atoms with Crippen molar-refractivity contribution in [1.82, 2.24) is 9.97 Å². The molecule has 0 aromatic carbocycles. The molecule has 0 aliphatic heterocycles. The minimum absolute atomic E-state index is 0.0121. The summed E-state index contributed by atoms with van der Waals surface area (Å²) < 4.78 is 0. The predicted molar refractivity (Wildman–Crippen MR) is 80.0 cm³/mol. The molecule has 0 unspecified atom stereocenters. The summed E-state index contributed by atoms with van der Waals surface area (Å²) in [6.45, 7) is 1.25. The Bertz CT molecular complexity index is 941. The summed E-state index contributed by atoms with van der Waals surface area (Å²) in [5.41, 5.74) is -0.783. The number of pyridine rings is 1. The number of carboxylic acid groups (broad SMARTS) is 3. The Morgan fingerprint density at radius 3 is 2.24 bits per heavy atom. The fourth-order valence-corrected chi connectivity index (χ4v) is 2.44. The Morgan fingerprint density at radius 1 is 1.12 bits per heavy atom. The summed E-state index contributed by atoms with van der Waals surface area (Å²) in [5.74, 6) is -4.50. The number of Topliss-reactive ketones (excluding diaryl/α,β-unsaturated/α-hetero) is 2. The van der Waals surface area contributed by atoms with Gasteiger partial charge in [0.15, 0.2) is 0 Å². The van der Waals surface area contributed by atoms with Crippen LogP contribution in [0.15, 0.2) is 12.1 Å². The number of carboxylic acids is 2. The van der Waals surface area contributed by atoms with Crippen LogP contribution in [-0.2, 0) is 4.79 Å². The number of carbonyl (C=O) groups is 5. The lowest BCUT2D eigenvalue weighted by atomic mass is 9.88. The molecule has 2 aromatic rings. The van der Waals surface area contributed by atoms with Gasteiger partial charge in [0, 0.05) is 11.3 Å². The zero-order chi connectivity index (χ0) is 18.9. The number of carbonyl (C=O) groups excluding carboxylic acids is 2. The molecule has 0 fully saturated rings. The number of aromatic carboxylic acids is 2. The highest BCUT2D eigenvalue weighted by molar-refractivity contribution is 6.52. The number of fused-ring (bicyclic) bond motifs is 3. The van der Waals surface area contributed by atoms with Gasteiger partial charge in [0.25, 0.3) is 12.3 Å². The summed E-state index contributed by atoms with van der Waals surface area (Å²) >= 11 is 0. The Morgan fingerprint density at radius 2 is 1.72 bits per heavy atom. The van der Waals surface area contributed by atoms with E-state index < -0.39 is 23.5 Å². The lowest BCUT2D eigenvalue weighted by Crippen LogP contribution is -2.24. The number of hydrogen-bond acceptors (Lipinski definition) is 6. The molecule has 0 atom stereocenters. The van der Waals surface area contributed by atoms with Crippen LogP contribution in [0.1, 0.15) is 47.4 Å². The van der Waals surface area contributed by atoms with E-state index in [-0.39, 0.29) is 45.9 Å². The molecular weight excluding hydrogens is 336 g/mol. The summed E-state index contributed by atoms with van der Waals surface area (Å²) in [6, 6.07) is 2.28. The van der Waals surface area contributed by atoms with Crippen molar-refractivity contribution in [3.63, 3.8) is 0 Å². The Hall–Kier alpha value is -3.82. The number of rotatable bonds is 2. The number of aromatic amines is 1. The Balaban J connectivity index is 0.000000701. The predicted octanol–water partition coefficient (Wildman–Crippen LogP) is 0.861. The Kier molecular flexibility index (Phi) is 4.46. The molecule has 25 heavy (non-hydrogen) atoms. The quantitative estimate of drug-likeness (QED) is 0.454. The number of hydrogen-bond donors (Lipinski definition) is 4. The molecule has 0 spiro atoms. The number of ketones is 2. The van der Waals surface area contributed by atoms with Gasteiger partial charge in [-0.15, -0.1) is 0 Å². The molecule has 1 aliphatic rings. The molecule has 10 heteroatoms. The summed E-state index contributed by atoms with van der Waals surface area (Å²) in [6.07, 6.45) is 0. The van der Waals surface area contributed by atoms with Crippen molar-refractivity contribution >= 4 is 30.0 Å². The van der Waals surface area contributed by atoms with E-state index in [0.717, 1.165) is 6.07 Å². The van der Waals surface area contributed by atoms with Crippen LogP contribution in [0, 0.1) is 6.92 Å². The van der Waals surface area contributed by atoms with Crippen LogP contribution in [0.4, 0.5) is 0 Å². The van der Waals surface area contributed by atoms with Crippen LogP contribution >= 0.6 is 0 Å². The first-order valence-corrected chi connectivity index (χ1v) is 6.61. The normalized spacial score (nSPS) is 11.7. The minimum atomic E-state index is -1.33. The molecule has 2 heterocycles. The average molecular weight is 346 g/mol. The van der Waals surface area contributed by atoms with Gasteiger partial charge >= 0.3 is 11.9 Å². The molecule has 0 amide bonds. The van der Waals surface area contributed by atoms with Gasteiger partial charge in [-0.3, -0.25) is 14.4 Å². The second-order valence-electron chi connectivity index (χ2n) is 4.88. The second-order valence-corrected chi connectivity index (χ2v) is 4.88. The smallest absolute Gasteiger partial charge is 0.352 e. The van der Waals surface area contributed by atoms with E-state index in [1.54, 1.807) is 0 Å². The maximum atomic E-state index is 12.1. The fraction of sp³-hybridized carbons (Fsp3) is 0.0667. The van der Waals surface area contributed by atoms with Crippen LogP contribution in [-0.4, -0.2) is 55.3 Å². The summed E-state index contributed by atoms with van der Waals surface area (Å²) in [7, 11) is 0. The second kappa shape index (κ2) is 6.35. The lowest BCUT2D eigenvalue weighted by Gasteiger charge is -2.16. The highest BCUT2D eigenvalue weighted by Gasteiger charge is 2.37. The zero-order valence-corrected chi connectivity index (χ0v) is 12.6. The van der Waals surface area contributed by atoms with Crippen LogP contribution in [0.5, 0.6) is 0 Å². The van der Waals surface area contributed by atoms with Gasteiger partial charge in [-0.2, -0.15) is 0 Å². The van der Waals surface area contributed by atoms with Crippen LogP contribution in [0.3, 0.4) is 0 Å². The Labute approximate surface area is 138 Å². The fourth-order valence-electron chi connectivity index (χ4n) is 2.44. The van der Waals surface area contributed by atoms with Crippen molar-refractivity contribution in [3.8, 4) is 11.3 Å². The molecule has 0 bridgehead atoms. The molecule has 1 aliphatic carbocycles. The SMILES string of the molecule is Cc1cc(C(=O)O)c2c(n1)C(=O)C(=O)c1cc(C(=O)O)[nH]c1-2.O=CO. The van der Waals surface area contributed by atoms with E-state index in [9.17, 15) is 24.3 Å². The van der Waals surface area contributed by atoms with Crippen molar-refractivity contribution in [3.05, 3.63) is 40.3 Å². The standard InChI is InChI=1S/C14H8N2O6.CH2O2/c1-4-2-5(13(19)20)8-9-6(3-7(16-9)14(21)22)11(17)12(18)10(8)15-4;2-1-3/h2-3,16H,1H3,(H,19,20)(H,21,22);1H,(H,2,3). The molecule has 0 radical (unpaired) electrons. The third kappa shape index (κ3) is 2.87. The summed E-state index contributed by atoms with van der Waals surface area (Å²) in [5, 5.41) is 25.2. The van der Waals surface area contributed by atoms with Crippen molar-refractivity contribution in [2.75, 3.05) is 0 Å². The van der Waals surface area contributed by atoms with Gasteiger partial charge < -0.3 is 20.3 Å². The van der Waals surface area contributed by atoms with Gasteiger partial charge in [-0.25, -0.2) is 14.6 Å². The lowest BCUT2D eigenvalue weighted by molar-refractivity contribution is -0.122.